The quantitative estimate of drug-likeness (QED) is 0.649. The second-order valence-electron chi connectivity index (χ2n) is 4.16. The van der Waals surface area contributed by atoms with Crippen molar-refractivity contribution in [2.24, 2.45) is 13.0 Å². The fraction of sp³-hybridized carbons (Fsp3) is 0.500. The van der Waals surface area contributed by atoms with Gasteiger partial charge in [-0.05, 0) is 12.8 Å². The average Bonchev–Trinajstić information content (AvgIpc) is 2.74. The second kappa shape index (κ2) is 4.40. The molecule has 1 aliphatic carbocycles. The highest BCUT2D eigenvalue weighted by Gasteiger charge is 2.11. The van der Waals surface area contributed by atoms with Crippen LogP contribution in [0.5, 0.6) is 0 Å². The van der Waals surface area contributed by atoms with Crippen LogP contribution < -0.4 is 11.2 Å². The fourth-order valence-electron chi connectivity index (χ4n) is 1.90. The topological polar surface area (TPSA) is 54.9 Å². The van der Waals surface area contributed by atoms with Crippen molar-refractivity contribution in [3.05, 3.63) is 32.6 Å². The number of rotatable bonds is 0. The van der Waals surface area contributed by atoms with Crippen LogP contribution in [0, 0.1) is 17.8 Å². The van der Waals surface area contributed by atoms with E-state index in [1.54, 1.807) is 7.05 Å². The molecule has 0 radical (unpaired) electrons. The molecular formula is C12H14N2O2. The molecule has 0 unspecified atom stereocenters. The molecule has 84 valence electrons. The van der Waals surface area contributed by atoms with Crippen molar-refractivity contribution in [2.75, 3.05) is 0 Å². The van der Waals surface area contributed by atoms with E-state index in [0.29, 0.717) is 11.5 Å². The van der Waals surface area contributed by atoms with E-state index in [-0.39, 0.29) is 0 Å². The summed E-state index contributed by atoms with van der Waals surface area (Å²) in [4.78, 5) is 24.8. The van der Waals surface area contributed by atoms with Gasteiger partial charge in [0, 0.05) is 19.2 Å². The van der Waals surface area contributed by atoms with E-state index in [2.05, 4.69) is 16.8 Å². The summed E-state index contributed by atoms with van der Waals surface area (Å²) in [5.74, 6) is 6.38. The molecule has 0 atom stereocenters. The standard InChI is InChI=1S/C12H14N2O2/c1-14-8-10(11(15)13-12(14)16)7-6-9-4-2-3-5-9/h8-9H,2-5H2,1H3,(H,13,15,16). The van der Waals surface area contributed by atoms with E-state index in [1.165, 1.54) is 23.6 Å². The summed E-state index contributed by atoms with van der Waals surface area (Å²) in [6, 6.07) is 0. The van der Waals surface area contributed by atoms with Crippen molar-refractivity contribution >= 4 is 0 Å². The Labute approximate surface area is 93.3 Å². The maximum absolute atomic E-state index is 11.4. The Hall–Kier alpha value is -1.76. The first-order valence-corrected chi connectivity index (χ1v) is 5.48. The first-order valence-electron chi connectivity index (χ1n) is 5.48. The summed E-state index contributed by atoms with van der Waals surface area (Å²) >= 11 is 0. The van der Waals surface area contributed by atoms with Crippen molar-refractivity contribution < 1.29 is 0 Å². The monoisotopic (exact) mass is 218 g/mol. The SMILES string of the molecule is Cn1cc(C#CC2CCCC2)c(=O)[nH]c1=O. The lowest BCUT2D eigenvalue weighted by molar-refractivity contribution is 0.711. The first kappa shape index (κ1) is 10.7. The summed E-state index contributed by atoms with van der Waals surface area (Å²) in [6.07, 6.45) is 6.18. The van der Waals surface area contributed by atoms with Gasteiger partial charge in [-0.1, -0.05) is 24.7 Å². The summed E-state index contributed by atoms with van der Waals surface area (Å²) in [7, 11) is 1.60. The molecule has 1 heterocycles. The molecule has 4 heteroatoms. The Bertz CT molecular complexity index is 551. The predicted octanol–water partition coefficient (Wildman–Crippen LogP) is 0.615. The lowest BCUT2D eigenvalue weighted by Gasteiger charge is -1.97. The normalized spacial score (nSPS) is 15.8. The Kier molecular flexibility index (Phi) is 2.95. The van der Waals surface area contributed by atoms with Gasteiger partial charge in [0.2, 0.25) is 0 Å². The third-order valence-electron chi connectivity index (χ3n) is 2.87. The highest BCUT2D eigenvalue weighted by Crippen LogP contribution is 2.23. The molecule has 1 N–H and O–H groups in total. The molecule has 1 aliphatic rings. The molecule has 16 heavy (non-hydrogen) atoms. The summed E-state index contributed by atoms with van der Waals surface area (Å²) in [5, 5.41) is 0. The number of aromatic nitrogens is 2. The van der Waals surface area contributed by atoms with E-state index in [9.17, 15) is 9.59 Å². The van der Waals surface area contributed by atoms with Gasteiger partial charge >= 0.3 is 5.69 Å². The van der Waals surface area contributed by atoms with Gasteiger partial charge in [-0.3, -0.25) is 9.78 Å². The summed E-state index contributed by atoms with van der Waals surface area (Å²) < 4.78 is 1.33. The molecule has 1 fully saturated rings. The van der Waals surface area contributed by atoms with Crippen LogP contribution in [0.2, 0.25) is 0 Å². The zero-order valence-electron chi connectivity index (χ0n) is 9.25. The zero-order valence-corrected chi connectivity index (χ0v) is 9.25. The van der Waals surface area contributed by atoms with E-state index in [1.807, 2.05) is 0 Å². The van der Waals surface area contributed by atoms with Gasteiger partial charge in [0.15, 0.2) is 0 Å². The van der Waals surface area contributed by atoms with Crippen LogP contribution in [0.1, 0.15) is 31.2 Å². The Morgan fingerprint density at radius 2 is 2.06 bits per heavy atom. The average molecular weight is 218 g/mol. The molecule has 1 saturated carbocycles. The molecule has 0 amide bonds. The van der Waals surface area contributed by atoms with Crippen LogP contribution in [0.4, 0.5) is 0 Å². The Morgan fingerprint density at radius 1 is 1.38 bits per heavy atom. The number of hydrogen-bond donors (Lipinski definition) is 1. The van der Waals surface area contributed by atoms with E-state index in [0.717, 1.165) is 12.8 Å². The molecule has 2 rings (SSSR count). The van der Waals surface area contributed by atoms with Crippen molar-refractivity contribution in [1.29, 1.82) is 0 Å². The molecule has 0 saturated heterocycles. The lowest BCUT2D eigenvalue weighted by atomic mass is 10.1. The van der Waals surface area contributed by atoms with Crippen LogP contribution >= 0.6 is 0 Å². The number of H-pyrrole nitrogens is 1. The predicted molar refractivity (Wildman–Crippen MR) is 61.1 cm³/mol. The number of hydrogen-bond acceptors (Lipinski definition) is 2. The Balaban J connectivity index is 2.30. The zero-order chi connectivity index (χ0) is 11.5. The molecule has 0 aliphatic heterocycles. The molecule has 0 aromatic carbocycles. The van der Waals surface area contributed by atoms with Gasteiger partial charge in [0.25, 0.3) is 5.56 Å². The first-order chi connectivity index (χ1) is 7.66. The molecule has 0 bridgehead atoms. The molecular weight excluding hydrogens is 204 g/mol. The van der Waals surface area contributed by atoms with E-state index < -0.39 is 11.2 Å². The van der Waals surface area contributed by atoms with E-state index >= 15 is 0 Å². The number of nitrogens with one attached hydrogen (secondary N) is 1. The number of aromatic amines is 1. The minimum absolute atomic E-state index is 0.369. The van der Waals surface area contributed by atoms with Gasteiger partial charge in [-0.25, -0.2) is 4.79 Å². The highest BCUT2D eigenvalue weighted by molar-refractivity contribution is 5.30. The maximum atomic E-state index is 11.4. The largest absolute Gasteiger partial charge is 0.328 e. The van der Waals surface area contributed by atoms with Crippen LogP contribution in [0.25, 0.3) is 0 Å². The third-order valence-corrected chi connectivity index (χ3v) is 2.87. The van der Waals surface area contributed by atoms with Gasteiger partial charge in [0.05, 0.1) is 0 Å². The highest BCUT2D eigenvalue weighted by atomic mass is 16.2. The van der Waals surface area contributed by atoms with Crippen LogP contribution in [0.15, 0.2) is 15.8 Å². The van der Waals surface area contributed by atoms with Crippen molar-refractivity contribution in [3.63, 3.8) is 0 Å². The Morgan fingerprint density at radius 3 is 2.75 bits per heavy atom. The van der Waals surface area contributed by atoms with Crippen LogP contribution in [-0.4, -0.2) is 9.55 Å². The van der Waals surface area contributed by atoms with Crippen molar-refractivity contribution in [3.8, 4) is 11.8 Å². The van der Waals surface area contributed by atoms with Crippen LogP contribution in [-0.2, 0) is 7.05 Å². The molecule has 4 nitrogen and oxygen atoms in total. The van der Waals surface area contributed by atoms with Crippen molar-refractivity contribution in [2.45, 2.75) is 25.7 Å². The maximum Gasteiger partial charge on any atom is 0.328 e. The molecule has 0 spiro atoms. The number of aryl methyl sites for hydroxylation is 1. The molecule has 1 aromatic heterocycles. The van der Waals surface area contributed by atoms with Gasteiger partial charge in [-0.15, -0.1) is 0 Å². The van der Waals surface area contributed by atoms with E-state index in [4.69, 9.17) is 0 Å². The summed E-state index contributed by atoms with van der Waals surface area (Å²) in [6.45, 7) is 0. The summed E-state index contributed by atoms with van der Waals surface area (Å²) in [5.41, 5.74) is -0.431. The lowest BCUT2D eigenvalue weighted by Crippen LogP contribution is -2.29. The smallest absolute Gasteiger partial charge is 0.302 e. The number of nitrogens with zero attached hydrogens (tertiary/aromatic N) is 1. The third kappa shape index (κ3) is 2.25. The molecule has 1 aromatic rings. The van der Waals surface area contributed by atoms with Gasteiger partial charge in [-0.2, -0.15) is 0 Å². The van der Waals surface area contributed by atoms with Crippen LogP contribution in [0.3, 0.4) is 0 Å². The fourth-order valence-corrected chi connectivity index (χ4v) is 1.90. The van der Waals surface area contributed by atoms with Gasteiger partial charge < -0.3 is 4.57 Å². The minimum atomic E-state index is -0.406. The van der Waals surface area contributed by atoms with Crippen molar-refractivity contribution in [1.82, 2.24) is 9.55 Å². The minimum Gasteiger partial charge on any atom is -0.302 e. The van der Waals surface area contributed by atoms with Gasteiger partial charge in [0.1, 0.15) is 5.56 Å². The second-order valence-corrected chi connectivity index (χ2v) is 4.16.